The predicted octanol–water partition coefficient (Wildman–Crippen LogP) is 5.82. The Hall–Kier alpha value is -2.49. The maximum Gasteiger partial charge on any atom is 0.338 e. The molecule has 0 aromatic heterocycles. The van der Waals surface area contributed by atoms with E-state index in [1.54, 1.807) is 30.3 Å². The third-order valence-corrected chi connectivity index (χ3v) is 5.82. The number of benzene rings is 3. The van der Waals surface area contributed by atoms with Crippen molar-refractivity contribution < 1.29 is 19.1 Å². The van der Waals surface area contributed by atoms with Crippen LogP contribution < -0.4 is 15.4 Å². The topological polar surface area (TPSA) is 76.7 Å². The summed E-state index contributed by atoms with van der Waals surface area (Å²) in [6.07, 6.45) is 0.763. The molecule has 0 bridgehead atoms. The van der Waals surface area contributed by atoms with Gasteiger partial charge in [0.05, 0.1) is 16.6 Å². The van der Waals surface area contributed by atoms with Gasteiger partial charge in [-0.05, 0) is 87.8 Å². The van der Waals surface area contributed by atoms with Gasteiger partial charge in [-0.15, -0.1) is 0 Å². The third kappa shape index (κ3) is 6.51. The van der Waals surface area contributed by atoms with E-state index < -0.39 is 5.91 Å². The summed E-state index contributed by atoms with van der Waals surface area (Å²) >= 11 is 12.2. The number of hydrogen-bond donors (Lipinski definition) is 2. The van der Waals surface area contributed by atoms with E-state index in [1.165, 1.54) is 0 Å². The molecular formula is C23H20Br2N2O4S. The number of hydrogen-bond acceptors (Lipinski definition) is 5. The molecule has 0 saturated heterocycles. The van der Waals surface area contributed by atoms with Crippen LogP contribution in [0, 0.1) is 0 Å². The molecule has 0 atom stereocenters. The number of carbonyl (C=O) groups is 2. The summed E-state index contributed by atoms with van der Waals surface area (Å²) in [5.74, 6) is -0.219. The van der Waals surface area contributed by atoms with Gasteiger partial charge in [-0.1, -0.05) is 35.0 Å². The van der Waals surface area contributed by atoms with Crippen LogP contribution >= 0.6 is 44.1 Å². The molecule has 2 N–H and O–H groups in total. The van der Waals surface area contributed by atoms with E-state index in [9.17, 15) is 9.59 Å². The number of anilines is 1. The Kier molecular flexibility index (Phi) is 8.60. The zero-order valence-corrected chi connectivity index (χ0v) is 21.1. The SMILES string of the molecule is CCCOC(=O)c1ccc(NC(=S)NC(=O)COc2ccc3cc(Br)ccc3c2Br)cc1. The van der Waals surface area contributed by atoms with Gasteiger partial charge in [0, 0.05) is 10.2 Å². The van der Waals surface area contributed by atoms with Crippen LogP contribution in [-0.4, -0.2) is 30.2 Å². The molecular weight excluding hydrogens is 560 g/mol. The van der Waals surface area contributed by atoms with Crippen molar-refractivity contribution in [2.75, 3.05) is 18.5 Å². The Morgan fingerprint density at radius 2 is 1.78 bits per heavy atom. The Morgan fingerprint density at radius 1 is 1.03 bits per heavy atom. The second kappa shape index (κ2) is 11.4. The molecule has 0 fully saturated rings. The molecule has 1 amide bonds. The number of nitrogens with one attached hydrogen (secondary N) is 2. The summed E-state index contributed by atoms with van der Waals surface area (Å²) in [7, 11) is 0. The first-order valence-corrected chi connectivity index (χ1v) is 11.8. The van der Waals surface area contributed by atoms with Gasteiger partial charge in [-0.2, -0.15) is 0 Å². The van der Waals surface area contributed by atoms with Crippen LogP contribution in [0.3, 0.4) is 0 Å². The highest BCUT2D eigenvalue weighted by molar-refractivity contribution is 9.11. The quantitative estimate of drug-likeness (QED) is 0.271. The van der Waals surface area contributed by atoms with Gasteiger partial charge in [0.25, 0.3) is 5.91 Å². The van der Waals surface area contributed by atoms with Gasteiger partial charge < -0.3 is 14.8 Å². The van der Waals surface area contributed by atoms with Crippen molar-refractivity contribution in [3.63, 3.8) is 0 Å². The molecule has 0 heterocycles. The van der Waals surface area contributed by atoms with Gasteiger partial charge in [0.2, 0.25) is 0 Å². The molecule has 0 spiro atoms. The largest absolute Gasteiger partial charge is 0.483 e. The van der Waals surface area contributed by atoms with Crippen molar-refractivity contribution >= 4 is 77.5 Å². The number of ether oxygens (including phenoxy) is 2. The zero-order chi connectivity index (χ0) is 23.1. The first kappa shape index (κ1) is 24.2. The van der Waals surface area contributed by atoms with Crippen molar-refractivity contribution in [3.05, 3.63) is 69.1 Å². The smallest absolute Gasteiger partial charge is 0.338 e. The van der Waals surface area contributed by atoms with E-state index in [2.05, 4.69) is 42.5 Å². The molecule has 0 aliphatic heterocycles. The summed E-state index contributed by atoms with van der Waals surface area (Å²) in [6.45, 7) is 2.11. The van der Waals surface area contributed by atoms with Gasteiger partial charge in [0.15, 0.2) is 11.7 Å². The Morgan fingerprint density at radius 3 is 2.50 bits per heavy atom. The number of halogens is 2. The molecule has 0 aliphatic rings. The number of esters is 1. The first-order valence-electron chi connectivity index (χ1n) is 9.76. The van der Waals surface area contributed by atoms with Gasteiger partial charge in [-0.3, -0.25) is 10.1 Å². The minimum atomic E-state index is -0.398. The summed E-state index contributed by atoms with van der Waals surface area (Å²) in [5, 5.41) is 7.61. The molecule has 0 saturated carbocycles. The molecule has 0 aliphatic carbocycles. The number of fused-ring (bicyclic) bond motifs is 1. The van der Waals surface area contributed by atoms with Crippen molar-refractivity contribution in [3.8, 4) is 5.75 Å². The fourth-order valence-corrected chi connectivity index (χ4v) is 4.01. The standard InChI is InChI=1S/C23H20Br2N2O4S/c1-2-11-30-22(29)14-3-7-17(8-4-14)26-23(32)27-20(28)13-31-19-10-5-15-12-16(24)6-9-18(15)21(19)25/h3-10,12H,2,11,13H2,1H3,(H2,26,27,28,32). The Bertz CT molecular complexity index is 1150. The normalized spacial score (nSPS) is 10.5. The molecule has 6 nitrogen and oxygen atoms in total. The molecule has 166 valence electrons. The number of amides is 1. The predicted molar refractivity (Wildman–Crippen MR) is 136 cm³/mol. The summed E-state index contributed by atoms with van der Waals surface area (Å²) in [4.78, 5) is 24.1. The highest BCUT2D eigenvalue weighted by atomic mass is 79.9. The second-order valence-corrected chi connectivity index (χ2v) is 8.86. The summed E-state index contributed by atoms with van der Waals surface area (Å²) in [6, 6.07) is 16.2. The van der Waals surface area contributed by atoms with Crippen LogP contribution in [0.5, 0.6) is 5.75 Å². The lowest BCUT2D eigenvalue weighted by atomic mass is 10.1. The maximum absolute atomic E-state index is 12.2. The fraction of sp³-hybridized carbons (Fsp3) is 0.174. The lowest BCUT2D eigenvalue weighted by Crippen LogP contribution is -2.37. The van der Waals surface area contributed by atoms with E-state index in [4.69, 9.17) is 21.7 Å². The van der Waals surface area contributed by atoms with Crippen LogP contribution in [0.25, 0.3) is 10.8 Å². The lowest BCUT2D eigenvalue weighted by Gasteiger charge is -2.12. The Labute approximate surface area is 207 Å². The lowest BCUT2D eigenvalue weighted by molar-refractivity contribution is -0.121. The molecule has 3 aromatic carbocycles. The van der Waals surface area contributed by atoms with E-state index in [1.807, 2.05) is 31.2 Å². The second-order valence-electron chi connectivity index (χ2n) is 6.75. The minimum Gasteiger partial charge on any atom is -0.483 e. The van der Waals surface area contributed by atoms with Crippen LogP contribution in [0.4, 0.5) is 5.69 Å². The minimum absolute atomic E-state index is 0.127. The fourth-order valence-electron chi connectivity index (χ4n) is 2.79. The number of carbonyl (C=O) groups excluding carboxylic acids is 2. The average molecular weight is 580 g/mol. The molecule has 0 unspecified atom stereocenters. The molecule has 9 heteroatoms. The molecule has 3 rings (SSSR count). The zero-order valence-electron chi connectivity index (χ0n) is 17.1. The van der Waals surface area contributed by atoms with Crippen LogP contribution in [0.1, 0.15) is 23.7 Å². The van der Waals surface area contributed by atoms with Crippen LogP contribution in [-0.2, 0) is 9.53 Å². The number of rotatable bonds is 7. The third-order valence-electron chi connectivity index (χ3n) is 4.31. The van der Waals surface area contributed by atoms with Gasteiger partial charge in [-0.25, -0.2) is 4.79 Å². The van der Waals surface area contributed by atoms with Crippen LogP contribution in [0.15, 0.2) is 63.5 Å². The molecule has 32 heavy (non-hydrogen) atoms. The van der Waals surface area contributed by atoms with E-state index in [0.717, 1.165) is 26.1 Å². The molecule has 3 aromatic rings. The van der Waals surface area contributed by atoms with E-state index >= 15 is 0 Å². The summed E-state index contributed by atoms with van der Waals surface area (Å²) in [5.41, 5.74) is 1.08. The van der Waals surface area contributed by atoms with Gasteiger partial charge >= 0.3 is 5.97 Å². The average Bonchev–Trinajstić information content (AvgIpc) is 2.77. The van der Waals surface area contributed by atoms with E-state index in [-0.39, 0.29) is 17.7 Å². The van der Waals surface area contributed by atoms with Crippen molar-refractivity contribution in [2.24, 2.45) is 0 Å². The maximum atomic E-state index is 12.2. The number of thiocarbonyl (C=S) groups is 1. The van der Waals surface area contributed by atoms with E-state index in [0.29, 0.717) is 23.6 Å². The Balaban J connectivity index is 1.51. The van der Waals surface area contributed by atoms with Crippen molar-refractivity contribution in [2.45, 2.75) is 13.3 Å². The van der Waals surface area contributed by atoms with Crippen molar-refractivity contribution in [1.82, 2.24) is 5.32 Å². The van der Waals surface area contributed by atoms with Crippen LogP contribution in [0.2, 0.25) is 0 Å². The first-order chi connectivity index (χ1) is 15.4. The highest BCUT2D eigenvalue weighted by Crippen LogP contribution is 2.34. The van der Waals surface area contributed by atoms with Crippen molar-refractivity contribution in [1.29, 1.82) is 0 Å². The molecule has 0 radical (unpaired) electrons. The highest BCUT2D eigenvalue weighted by Gasteiger charge is 2.11. The summed E-state index contributed by atoms with van der Waals surface area (Å²) < 4.78 is 12.5. The van der Waals surface area contributed by atoms with Gasteiger partial charge in [0.1, 0.15) is 5.75 Å². The monoisotopic (exact) mass is 578 g/mol.